The number of nitrogens with two attached hydrogens (primary N) is 1. The Morgan fingerprint density at radius 1 is 1.40 bits per heavy atom. The summed E-state index contributed by atoms with van der Waals surface area (Å²) in [6, 6.07) is 0. The van der Waals surface area contributed by atoms with E-state index in [1.807, 2.05) is 0 Å². The molecule has 2 aliphatic heterocycles. The van der Waals surface area contributed by atoms with Gasteiger partial charge in [-0.05, 0) is 26.7 Å². The van der Waals surface area contributed by atoms with E-state index in [4.69, 9.17) is 10.5 Å². The van der Waals surface area contributed by atoms with Crippen LogP contribution in [0.3, 0.4) is 0 Å². The quantitative estimate of drug-likeness (QED) is 0.768. The van der Waals surface area contributed by atoms with Crippen molar-refractivity contribution in [2.24, 2.45) is 5.73 Å². The highest BCUT2D eigenvalue weighted by Crippen LogP contribution is 2.27. The molecule has 2 fully saturated rings. The fourth-order valence-electron chi connectivity index (χ4n) is 2.60. The maximum atomic E-state index is 12.3. The topological polar surface area (TPSA) is 89.7 Å². The standard InChI is InChI=1S/C12H22N2O4S.ClH/c1-12(2)8-14(5-6-19(12,16)17)11(15)10-4-3-9(7-13)18-10;/h9-10H,3-8,13H2,1-2H3;1H/t9-,10+;/m1./s1. The summed E-state index contributed by atoms with van der Waals surface area (Å²) < 4.78 is 28.5. The van der Waals surface area contributed by atoms with Crippen molar-refractivity contribution in [2.75, 3.05) is 25.4 Å². The van der Waals surface area contributed by atoms with Crippen molar-refractivity contribution in [3.8, 4) is 0 Å². The second-order valence-electron chi connectivity index (χ2n) is 5.90. The Morgan fingerprint density at radius 2 is 2.05 bits per heavy atom. The third-order valence-corrected chi connectivity index (χ3v) is 6.53. The van der Waals surface area contributed by atoms with Gasteiger partial charge in [0.15, 0.2) is 9.84 Å². The van der Waals surface area contributed by atoms with Crippen molar-refractivity contribution >= 4 is 28.2 Å². The SMILES string of the molecule is CC1(C)CN(C(=O)[C@@H]2CC[C@H](CN)O2)CCS1(=O)=O.Cl. The van der Waals surface area contributed by atoms with Crippen LogP contribution < -0.4 is 5.73 Å². The smallest absolute Gasteiger partial charge is 0.251 e. The number of hydrogen-bond donors (Lipinski definition) is 1. The van der Waals surface area contributed by atoms with Gasteiger partial charge in [0, 0.05) is 19.6 Å². The van der Waals surface area contributed by atoms with Crippen LogP contribution in [-0.2, 0) is 19.4 Å². The van der Waals surface area contributed by atoms with Gasteiger partial charge in [0.1, 0.15) is 6.10 Å². The lowest BCUT2D eigenvalue weighted by Gasteiger charge is -2.38. The van der Waals surface area contributed by atoms with Crippen LogP contribution in [0.15, 0.2) is 0 Å². The Balaban J connectivity index is 0.00000200. The number of carbonyl (C=O) groups excluding carboxylic acids is 1. The number of rotatable bonds is 2. The van der Waals surface area contributed by atoms with E-state index in [1.165, 1.54) is 0 Å². The third-order valence-electron chi connectivity index (χ3n) is 4.00. The molecule has 0 radical (unpaired) electrons. The van der Waals surface area contributed by atoms with E-state index in [0.29, 0.717) is 13.0 Å². The van der Waals surface area contributed by atoms with Crippen molar-refractivity contribution in [3.63, 3.8) is 0 Å². The Kier molecular flexibility index (Phi) is 5.46. The van der Waals surface area contributed by atoms with Gasteiger partial charge in [-0.3, -0.25) is 4.79 Å². The zero-order chi connectivity index (χ0) is 14.3. The Morgan fingerprint density at radius 3 is 2.55 bits per heavy atom. The number of nitrogens with zero attached hydrogens (tertiary/aromatic N) is 1. The summed E-state index contributed by atoms with van der Waals surface area (Å²) in [6.45, 7) is 4.25. The van der Waals surface area contributed by atoms with Crippen LogP contribution in [0.1, 0.15) is 26.7 Å². The lowest BCUT2D eigenvalue weighted by Crippen LogP contribution is -2.56. The molecule has 118 valence electrons. The van der Waals surface area contributed by atoms with E-state index in [9.17, 15) is 13.2 Å². The second kappa shape index (κ2) is 6.17. The monoisotopic (exact) mass is 326 g/mol. The van der Waals surface area contributed by atoms with E-state index in [1.54, 1.807) is 18.7 Å². The molecule has 2 atom stereocenters. The minimum absolute atomic E-state index is 0. The first-order valence-corrected chi connectivity index (χ1v) is 8.29. The van der Waals surface area contributed by atoms with Gasteiger partial charge in [-0.25, -0.2) is 8.42 Å². The summed E-state index contributed by atoms with van der Waals surface area (Å²) in [5.74, 6) is -0.0717. The Labute approximate surface area is 126 Å². The van der Waals surface area contributed by atoms with Crippen molar-refractivity contribution in [3.05, 3.63) is 0 Å². The van der Waals surface area contributed by atoms with Gasteiger partial charge in [-0.1, -0.05) is 0 Å². The van der Waals surface area contributed by atoms with Crippen LogP contribution in [0.2, 0.25) is 0 Å². The van der Waals surface area contributed by atoms with Crippen LogP contribution in [0.4, 0.5) is 0 Å². The van der Waals surface area contributed by atoms with Gasteiger partial charge in [0.05, 0.1) is 16.6 Å². The molecule has 0 saturated carbocycles. The molecular weight excluding hydrogens is 304 g/mol. The summed E-state index contributed by atoms with van der Waals surface area (Å²) in [5, 5.41) is 0. The van der Waals surface area contributed by atoms with Crippen molar-refractivity contribution < 1.29 is 17.9 Å². The molecule has 8 heteroatoms. The normalized spacial score (nSPS) is 31.6. The summed E-state index contributed by atoms with van der Waals surface area (Å²) in [4.78, 5) is 13.9. The minimum Gasteiger partial charge on any atom is -0.364 e. The lowest BCUT2D eigenvalue weighted by molar-refractivity contribution is -0.143. The number of amides is 1. The van der Waals surface area contributed by atoms with Gasteiger partial charge in [0.2, 0.25) is 0 Å². The average Bonchev–Trinajstić information content (AvgIpc) is 2.80. The van der Waals surface area contributed by atoms with E-state index in [0.717, 1.165) is 6.42 Å². The van der Waals surface area contributed by atoms with Crippen molar-refractivity contribution in [1.82, 2.24) is 4.90 Å². The molecule has 2 heterocycles. The van der Waals surface area contributed by atoms with Gasteiger partial charge in [-0.2, -0.15) is 0 Å². The minimum atomic E-state index is -3.12. The summed E-state index contributed by atoms with van der Waals surface area (Å²) in [5.41, 5.74) is 5.52. The largest absolute Gasteiger partial charge is 0.364 e. The molecule has 0 aliphatic carbocycles. The average molecular weight is 327 g/mol. The van der Waals surface area contributed by atoms with Gasteiger partial charge in [-0.15, -0.1) is 12.4 Å². The number of ether oxygens (including phenoxy) is 1. The Hall–Kier alpha value is -0.370. The molecule has 0 aromatic carbocycles. The first-order chi connectivity index (χ1) is 8.77. The molecule has 2 N–H and O–H groups in total. The van der Waals surface area contributed by atoms with Crippen molar-refractivity contribution in [1.29, 1.82) is 0 Å². The fourth-order valence-corrected chi connectivity index (χ4v) is 3.96. The molecule has 6 nitrogen and oxygen atoms in total. The fraction of sp³-hybridized carbons (Fsp3) is 0.917. The highest BCUT2D eigenvalue weighted by atomic mass is 35.5. The zero-order valence-corrected chi connectivity index (χ0v) is 13.5. The van der Waals surface area contributed by atoms with Crippen LogP contribution in [0, 0.1) is 0 Å². The lowest BCUT2D eigenvalue weighted by atomic mass is 10.1. The zero-order valence-electron chi connectivity index (χ0n) is 11.9. The first kappa shape index (κ1) is 17.7. The molecule has 0 unspecified atom stereocenters. The molecule has 0 aromatic heterocycles. The maximum absolute atomic E-state index is 12.3. The van der Waals surface area contributed by atoms with E-state index < -0.39 is 20.7 Å². The second-order valence-corrected chi connectivity index (χ2v) is 8.64. The van der Waals surface area contributed by atoms with E-state index >= 15 is 0 Å². The van der Waals surface area contributed by atoms with E-state index in [-0.39, 0.29) is 43.3 Å². The van der Waals surface area contributed by atoms with Gasteiger partial charge in [0.25, 0.3) is 5.91 Å². The first-order valence-electron chi connectivity index (χ1n) is 6.63. The molecule has 0 aromatic rings. The highest BCUT2D eigenvalue weighted by molar-refractivity contribution is 7.92. The van der Waals surface area contributed by atoms with Gasteiger partial charge < -0.3 is 15.4 Å². The predicted molar refractivity (Wildman–Crippen MR) is 78.6 cm³/mol. The molecule has 0 spiro atoms. The highest BCUT2D eigenvalue weighted by Gasteiger charge is 2.43. The summed E-state index contributed by atoms with van der Waals surface area (Å²) in [7, 11) is -3.12. The molecule has 2 rings (SSSR count). The number of carbonyl (C=O) groups is 1. The number of sulfone groups is 1. The number of halogens is 1. The van der Waals surface area contributed by atoms with Crippen molar-refractivity contribution in [2.45, 2.75) is 43.6 Å². The van der Waals surface area contributed by atoms with Crippen LogP contribution in [0.5, 0.6) is 0 Å². The number of hydrogen-bond acceptors (Lipinski definition) is 5. The molecule has 2 saturated heterocycles. The maximum Gasteiger partial charge on any atom is 0.251 e. The molecule has 0 bridgehead atoms. The third kappa shape index (κ3) is 3.27. The van der Waals surface area contributed by atoms with Crippen LogP contribution in [-0.4, -0.2) is 61.6 Å². The predicted octanol–water partition coefficient (Wildman–Crippen LogP) is -0.0499. The summed E-state index contributed by atoms with van der Waals surface area (Å²) in [6.07, 6.45) is 0.966. The van der Waals surface area contributed by atoms with Crippen LogP contribution in [0.25, 0.3) is 0 Å². The molecule has 20 heavy (non-hydrogen) atoms. The van der Waals surface area contributed by atoms with Gasteiger partial charge >= 0.3 is 0 Å². The molecule has 1 amide bonds. The summed E-state index contributed by atoms with van der Waals surface area (Å²) >= 11 is 0. The van der Waals surface area contributed by atoms with Crippen LogP contribution >= 0.6 is 12.4 Å². The van der Waals surface area contributed by atoms with E-state index in [2.05, 4.69) is 0 Å². The Bertz CT molecular complexity index is 466. The molecular formula is C12H23ClN2O4S. The molecule has 2 aliphatic rings.